The summed E-state index contributed by atoms with van der Waals surface area (Å²) in [7, 11) is 0. The zero-order chi connectivity index (χ0) is 28.8. The molecule has 4 aromatic rings. The van der Waals surface area contributed by atoms with Crippen LogP contribution in [0.1, 0.15) is 58.8 Å². The number of rotatable bonds is 6. The molecule has 0 spiro atoms. The van der Waals surface area contributed by atoms with E-state index in [2.05, 4.69) is 54.5 Å². The van der Waals surface area contributed by atoms with Gasteiger partial charge in [0.05, 0.1) is 0 Å². The fourth-order valence-electron chi connectivity index (χ4n) is 6.33. The van der Waals surface area contributed by atoms with E-state index in [9.17, 15) is 14.7 Å². The number of carboxylic acid groups (broad SMARTS) is 1. The average molecular weight is 593 g/mol. The van der Waals surface area contributed by atoms with E-state index in [1.807, 2.05) is 23.1 Å². The van der Waals surface area contributed by atoms with Crippen LogP contribution in [0.15, 0.2) is 65.8 Å². The molecule has 2 aliphatic rings. The average Bonchev–Trinajstić information content (AvgIpc) is 3.57. The summed E-state index contributed by atoms with van der Waals surface area (Å²) in [6.45, 7) is 9.01. The van der Waals surface area contributed by atoms with Gasteiger partial charge < -0.3 is 0 Å². The van der Waals surface area contributed by atoms with Gasteiger partial charge >= 0.3 is 247 Å². The first-order chi connectivity index (χ1) is 19.8. The van der Waals surface area contributed by atoms with Crippen LogP contribution in [0.4, 0.5) is 0 Å². The molecule has 3 heterocycles. The predicted octanol–water partition coefficient (Wildman–Crippen LogP) is 5.79. The molecule has 0 atom stereocenters. The fraction of sp³-hybridized carbons (Fsp3) is 0.273. The predicted molar refractivity (Wildman–Crippen MR) is 156 cm³/mol. The first-order valence-corrected chi connectivity index (χ1v) is 14.3. The fourth-order valence-corrected chi connectivity index (χ4v) is 6.77. The Labute approximate surface area is 246 Å². The number of amides is 1. The van der Waals surface area contributed by atoms with Gasteiger partial charge in [-0.15, -0.1) is 0 Å². The van der Waals surface area contributed by atoms with Crippen LogP contribution in [0.2, 0.25) is 0 Å². The molecule has 1 aliphatic carbocycles. The van der Waals surface area contributed by atoms with E-state index in [1.54, 1.807) is 0 Å². The van der Waals surface area contributed by atoms with Crippen molar-refractivity contribution in [1.82, 2.24) is 14.6 Å². The molecule has 0 bridgehead atoms. The summed E-state index contributed by atoms with van der Waals surface area (Å²) in [5.74, 6) is -0.143. The second-order valence-electron chi connectivity index (χ2n) is 10.9. The van der Waals surface area contributed by atoms with E-state index in [1.165, 1.54) is 17.7 Å². The van der Waals surface area contributed by atoms with Gasteiger partial charge in [0.25, 0.3) is 0 Å². The number of aromatic nitrogens is 2. The number of carboxylic acids is 1. The molecule has 211 valence electrons. The molecule has 8 heteroatoms. The zero-order valence-corrected chi connectivity index (χ0v) is 24.1. The number of carbonyl (C=O) groups is 2. The number of allylic oxidation sites excluding steroid dienone is 1. The monoisotopic (exact) mass is 592 g/mol. The number of benzene rings is 2. The summed E-state index contributed by atoms with van der Waals surface area (Å²) in [6.07, 6.45) is 7.71. The number of carbonyl (C=O) groups excluding carboxylic acids is 1. The first kappa shape index (κ1) is 27.2. The van der Waals surface area contributed by atoms with Gasteiger partial charge in [-0.25, -0.2) is 0 Å². The Morgan fingerprint density at radius 2 is 1.90 bits per heavy atom. The number of hydrogen-bond donors (Lipinski definition) is 1. The Balaban J connectivity index is 1.48. The molecule has 2 aromatic heterocycles. The van der Waals surface area contributed by atoms with Gasteiger partial charge in [-0.2, -0.15) is 0 Å². The van der Waals surface area contributed by atoms with E-state index in [0.29, 0.717) is 24.1 Å². The Morgan fingerprint density at radius 1 is 1.12 bits per heavy atom. The third-order valence-corrected chi connectivity index (χ3v) is 8.83. The Hall–Kier alpha value is -4.01. The zero-order valence-electron chi connectivity index (χ0n) is 23.1. The molecule has 0 saturated carbocycles. The standard InChI is InChI=1S/C33H31N3O4.Co/c1-4-29(37)35-14-12-22(13-15-35)33-27(32(34-40-33)25-11-8-20(2)16-21(25)3)19-36-18-24-10-9-23(17-30(38)39)26-6-5-7-28(36)31(24)26;/h4-8,11,16-18,22H,1,9-10,12-15H2,2-3H3,(H,38,39);/b23-17+;. The van der Waals surface area contributed by atoms with Crippen molar-refractivity contribution >= 4 is 32.9 Å². The summed E-state index contributed by atoms with van der Waals surface area (Å²) in [6, 6.07) is 12.3. The number of nitrogens with zero attached hydrogens (tertiary/aromatic N) is 3. The number of likely N-dealkylation sites (tertiary alicyclic amines) is 1. The van der Waals surface area contributed by atoms with Crippen molar-refractivity contribution in [2.45, 2.75) is 45.4 Å². The Kier molecular flexibility index (Phi) is 7.13. The van der Waals surface area contributed by atoms with E-state index in [0.717, 1.165) is 75.0 Å². The van der Waals surface area contributed by atoms with Gasteiger partial charge in [-0.3, -0.25) is 0 Å². The minimum atomic E-state index is -0.936. The molecule has 1 saturated heterocycles. The maximum atomic E-state index is 12.2. The van der Waals surface area contributed by atoms with Crippen LogP contribution in [0.3, 0.4) is 0 Å². The summed E-state index contributed by atoms with van der Waals surface area (Å²) in [5.41, 5.74) is 8.74. The van der Waals surface area contributed by atoms with Crippen LogP contribution in [-0.4, -0.2) is 49.3 Å². The van der Waals surface area contributed by atoms with Crippen LogP contribution >= 0.6 is 0 Å². The molecule has 2 aromatic carbocycles. The second-order valence-corrected chi connectivity index (χ2v) is 11.4. The van der Waals surface area contributed by atoms with Crippen molar-refractivity contribution < 1.29 is 34.5 Å². The molecule has 0 radical (unpaired) electrons. The Morgan fingerprint density at radius 3 is 2.61 bits per heavy atom. The van der Waals surface area contributed by atoms with Gasteiger partial charge in [-0.1, -0.05) is 0 Å². The molecule has 1 aliphatic heterocycles. The van der Waals surface area contributed by atoms with Gasteiger partial charge in [0.2, 0.25) is 0 Å². The summed E-state index contributed by atoms with van der Waals surface area (Å²) >= 11 is 5.23. The van der Waals surface area contributed by atoms with E-state index < -0.39 is 5.97 Å². The molecular formula is C33H31CoN3O4. The number of piperidine rings is 1. The second kappa shape index (κ2) is 10.8. The molecule has 1 fully saturated rings. The van der Waals surface area contributed by atoms with Crippen molar-refractivity contribution in [3.05, 3.63) is 94.9 Å². The molecule has 41 heavy (non-hydrogen) atoms. The summed E-state index contributed by atoms with van der Waals surface area (Å²) in [4.78, 5) is 25.5. The number of aryl methyl sites for hydroxylation is 3. The third-order valence-electron chi connectivity index (χ3n) is 8.32. The van der Waals surface area contributed by atoms with Crippen LogP contribution in [0.25, 0.3) is 27.7 Å². The van der Waals surface area contributed by atoms with E-state index in [-0.39, 0.29) is 11.8 Å². The van der Waals surface area contributed by atoms with Crippen molar-refractivity contribution in [2.75, 3.05) is 13.1 Å². The SMILES string of the molecule is C=CC(=O)N1CCC(c2onc(-c3ccc(C)cc3C)c2[C](=[Co])n2cc3c4c(cccc42)/C(=C/C(=O)O)CC3)CC1. The Bertz CT molecular complexity index is 1770. The van der Waals surface area contributed by atoms with Crippen molar-refractivity contribution in [2.24, 2.45) is 0 Å². The minimum absolute atomic E-state index is 0.0535. The van der Waals surface area contributed by atoms with Crippen molar-refractivity contribution in [3.63, 3.8) is 0 Å². The normalized spacial score (nSPS) is 16.4. The van der Waals surface area contributed by atoms with Gasteiger partial charge in [-0.05, 0) is 0 Å². The van der Waals surface area contributed by atoms with Crippen LogP contribution in [0.5, 0.6) is 0 Å². The molecule has 7 nitrogen and oxygen atoms in total. The van der Waals surface area contributed by atoms with Crippen molar-refractivity contribution in [3.8, 4) is 11.3 Å². The quantitative estimate of drug-likeness (QED) is 0.287. The summed E-state index contributed by atoms with van der Waals surface area (Å²) in [5, 5.41) is 15.1. The van der Waals surface area contributed by atoms with Crippen molar-refractivity contribution in [1.29, 1.82) is 0 Å². The van der Waals surface area contributed by atoms with Crippen LogP contribution < -0.4 is 0 Å². The molecule has 1 N–H and O–H groups in total. The van der Waals surface area contributed by atoms with Gasteiger partial charge in [0, 0.05) is 0 Å². The maximum absolute atomic E-state index is 12.2. The van der Waals surface area contributed by atoms with E-state index >= 15 is 0 Å². The summed E-state index contributed by atoms with van der Waals surface area (Å²) < 4.78 is 8.93. The van der Waals surface area contributed by atoms with Gasteiger partial charge in [0.15, 0.2) is 0 Å². The number of hydrogen-bond acceptors (Lipinski definition) is 4. The van der Waals surface area contributed by atoms with Gasteiger partial charge in [0.1, 0.15) is 0 Å². The van der Waals surface area contributed by atoms with Crippen LogP contribution in [0, 0.1) is 13.8 Å². The molecule has 1 amide bonds. The topological polar surface area (TPSA) is 88.6 Å². The molecule has 6 rings (SSSR count). The van der Waals surface area contributed by atoms with Crippen LogP contribution in [-0.2, 0) is 31.3 Å². The molecular weight excluding hydrogens is 561 g/mol. The molecule has 0 unspecified atom stereocenters. The van der Waals surface area contributed by atoms with E-state index in [4.69, 9.17) is 19.8 Å². The first-order valence-electron chi connectivity index (χ1n) is 13.8. The third kappa shape index (κ3) is 4.81. The number of aliphatic carboxylic acids is 1.